The monoisotopic (exact) mass is 220 g/mol. The number of hydrogen-bond donors (Lipinski definition) is 0. The second kappa shape index (κ2) is 4.09. The summed E-state index contributed by atoms with van der Waals surface area (Å²) >= 11 is 0. The Morgan fingerprint density at radius 3 is 2.54 bits per heavy atom. The Balaban J connectivity index is 3.20. The highest BCUT2D eigenvalue weighted by Crippen LogP contribution is 2.19. The van der Waals surface area contributed by atoms with E-state index in [2.05, 4.69) is 0 Å². The van der Waals surface area contributed by atoms with Crippen LogP contribution in [-0.4, -0.2) is 15.5 Å². The summed E-state index contributed by atoms with van der Waals surface area (Å²) in [5, 5.41) is 0. The van der Waals surface area contributed by atoms with E-state index in [1.807, 2.05) is 0 Å². The van der Waals surface area contributed by atoms with Crippen LogP contribution in [0, 0.1) is 0 Å². The van der Waals surface area contributed by atoms with Crippen LogP contribution in [-0.2, 0) is 20.4 Å². The predicted octanol–water partition coefficient (Wildman–Crippen LogP) is 1.76. The molecule has 0 saturated carbocycles. The topological polar surface area (TPSA) is 43.4 Å². The standard InChI is InChI=1S/C8H9ClO3S/c1-12-6-7-4-2-3-5-8(7)13(9,10)11/h2-5H,6H2,1H3. The molecule has 0 aliphatic carbocycles. The summed E-state index contributed by atoms with van der Waals surface area (Å²) in [4.78, 5) is 0.110. The van der Waals surface area contributed by atoms with Crippen molar-refractivity contribution in [2.75, 3.05) is 7.11 Å². The molecule has 0 N–H and O–H groups in total. The normalized spacial score (nSPS) is 11.5. The van der Waals surface area contributed by atoms with Crippen LogP contribution in [0.2, 0.25) is 0 Å². The number of benzene rings is 1. The van der Waals surface area contributed by atoms with Crippen molar-refractivity contribution in [2.45, 2.75) is 11.5 Å². The van der Waals surface area contributed by atoms with Gasteiger partial charge in [0.05, 0.1) is 11.5 Å². The molecule has 1 rings (SSSR count). The fourth-order valence-electron chi connectivity index (χ4n) is 1.02. The van der Waals surface area contributed by atoms with Crippen molar-refractivity contribution in [3.05, 3.63) is 29.8 Å². The predicted molar refractivity (Wildman–Crippen MR) is 50.2 cm³/mol. The number of methoxy groups -OCH3 is 1. The molecule has 0 unspecified atom stereocenters. The zero-order chi connectivity index (χ0) is 9.90. The van der Waals surface area contributed by atoms with Crippen LogP contribution in [0.3, 0.4) is 0 Å². The first kappa shape index (κ1) is 10.5. The Bertz CT molecular complexity index is 386. The third-order valence-corrected chi connectivity index (χ3v) is 2.96. The van der Waals surface area contributed by atoms with E-state index in [0.717, 1.165) is 0 Å². The van der Waals surface area contributed by atoms with Gasteiger partial charge in [-0.05, 0) is 11.6 Å². The highest BCUT2D eigenvalue weighted by molar-refractivity contribution is 8.13. The van der Waals surface area contributed by atoms with Gasteiger partial charge in [-0.1, -0.05) is 18.2 Å². The minimum absolute atomic E-state index is 0.110. The molecule has 0 atom stereocenters. The van der Waals surface area contributed by atoms with Gasteiger partial charge >= 0.3 is 0 Å². The zero-order valence-corrected chi connectivity index (χ0v) is 8.60. The number of halogens is 1. The third kappa shape index (κ3) is 2.69. The molecule has 0 aliphatic heterocycles. The van der Waals surface area contributed by atoms with E-state index in [-0.39, 0.29) is 11.5 Å². The first-order chi connectivity index (χ1) is 6.05. The molecule has 1 aromatic carbocycles. The molecular weight excluding hydrogens is 212 g/mol. The van der Waals surface area contributed by atoms with E-state index >= 15 is 0 Å². The second-order valence-corrected chi connectivity index (χ2v) is 5.01. The lowest BCUT2D eigenvalue weighted by Gasteiger charge is -2.04. The van der Waals surface area contributed by atoms with Crippen molar-refractivity contribution in [1.29, 1.82) is 0 Å². The average molecular weight is 221 g/mol. The lowest BCUT2D eigenvalue weighted by atomic mass is 10.2. The van der Waals surface area contributed by atoms with E-state index < -0.39 is 9.05 Å². The molecule has 72 valence electrons. The summed E-state index contributed by atoms with van der Waals surface area (Å²) in [5.74, 6) is 0. The molecule has 0 saturated heterocycles. The van der Waals surface area contributed by atoms with Gasteiger partial charge in [0.2, 0.25) is 0 Å². The zero-order valence-electron chi connectivity index (χ0n) is 7.03. The van der Waals surface area contributed by atoms with Crippen LogP contribution in [0.1, 0.15) is 5.56 Å². The molecule has 0 heterocycles. The van der Waals surface area contributed by atoms with Crippen LogP contribution in [0.4, 0.5) is 0 Å². The van der Waals surface area contributed by atoms with Crippen LogP contribution < -0.4 is 0 Å². The fraction of sp³-hybridized carbons (Fsp3) is 0.250. The second-order valence-electron chi connectivity index (χ2n) is 2.48. The third-order valence-electron chi connectivity index (χ3n) is 1.54. The Morgan fingerprint density at radius 1 is 1.38 bits per heavy atom. The van der Waals surface area contributed by atoms with Crippen molar-refractivity contribution in [3.8, 4) is 0 Å². The first-order valence-electron chi connectivity index (χ1n) is 3.57. The Hall–Kier alpha value is -0.580. The molecule has 13 heavy (non-hydrogen) atoms. The Labute approximate surface area is 81.7 Å². The summed E-state index contributed by atoms with van der Waals surface area (Å²) in [5.41, 5.74) is 0.569. The highest BCUT2D eigenvalue weighted by atomic mass is 35.7. The molecule has 0 radical (unpaired) electrons. The van der Waals surface area contributed by atoms with Gasteiger partial charge in [-0.25, -0.2) is 8.42 Å². The minimum atomic E-state index is -3.66. The summed E-state index contributed by atoms with van der Waals surface area (Å²) in [7, 11) is 3.05. The molecule has 0 fully saturated rings. The molecular formula is C8H9ClO3S. The smallest absolute Gasteiger partial charge is 0.261 e. The van der Waals surface area contributed by atoms with Gasteiger partial charge < -0.3 is 4.74 Å². The van der Waals surface area contributed by atoms with Gasteiger partial charge in [0.15, 0.2) is 0 Å². The summed E-state index contributed by atoms with van der Waals surface area (Å²) in [6.45, 7) is 0.238. The molecule has 0 bridgehead atoms. The van der Waals surface area contributed by atoms with Gasteiger partial charge in [-0.2, -0.15) is 0 Å². The molecule has 1 aromatic rings. The molecule has 5 heteroatoms. The van der Waals surface area contributed by atoms with Crippen LogP contribution in [0.5, 0.6) is 0 Å². The number of hydrogen-bond acceptors (Lipinski definition) is 3. The molecule has 0 amide bonds. The minimum Gasteiger partial charge on any atom is -0.380 e. The number of rotatable bonds is 3. The van der Waals surface area contributed by atoms with E-state index in [1.54, 1.807) is 18.2 Å². The Morgan fingerprint density at radius 2 is 2.00 bits per heavy atom. The lowest BCUT2D eigenvalue weighted by Crippen LogP contribution is -1.98. The van der Waals surface area contributed by atoms with Gasteiger partial charge in [0, 0.05) is 17.8 Å². The maximum absolute atomic E-state index is 11.0. The van der Waals surface area contributed by atoms with E-state index in [9.17, 15) is 8.42 Å². The first-order valence-corrected chi connectivity index (χ1v) is 5.88. The molecule has 3 nitrogen and oxygen atoms in total. The van der Waals surface area contributed by atoms with E-state index in [4.69, 9.17) is 15.4 Å². The van der Waals surface area contributed by atoms with Gasteiger partial charge in [-0.15, -0.1) is 0 Å². The maximum atomic E-state index is 11.0. The largest absolute Gasteiger partial charge is 0.380 e. The molecule has 0 aromatic heterocycles. The van der Waals surface area contributed by atoms with Crippen molar-refractivity contribution in [3.63, 3.8) is 0 Å². The maximum Gasteiger partial charge on any atom is 0.261 e. The summed E-state index contributed by atoms with van der Waals surface area (Å²) in [6, 6.07) is 6.48. The molecule has 0 spiro atoms. The average Bonchev–Trinajstić information content (AvgIpc) is 2.04. The van der Waals surface area contributed by atoms with Crippen molar-refractivity contribution >= 4 is 19.7 Å². The highest BCUT2D eigenvalue weighted by Gasteiger charge is 2.13. The van der Waals surface area contributed by atoms with Crippen LogP contribution >= 0.6 is 10.7 Å². The van der Waals surface area contributed by atoms with Crippen LogP contribution in [0.15, 0.2) is 29.2 Å². The van der Waals surface area contributed by atoms with E-state index in [1.165, 1.54) is 13.2 Å². The Kier molecular flexibility index (Phi) is 3.30. The van der Waals surface area contributed by atoms with Crippen molar-refractivity contribution in [1.82, 2.24) is 0 Å². The van der Waals surface area contributed by atoms with Crippen molar-refractivity contribution in [2.24, 2.45) is 0 Å². The van der Waals surface area contributed by atoms with Gasteiger partial charge in [0.1, 0.15) is 0 Å². The lowest BCUT2D eigenvalue weighted by molar-refractivity contribution is 0.182. The quantitative estimate of drug-likeness (QED) is 0.730. The summed E-state index contributed by atoms with van der Waals surface area (Å²) < 4.78 is 26.9. The van der Waals surface area contributed by atoms with Gasteiger partial charge in [-0.3, -0.25) is 0 Å². The SMILES string of the molecule is COCc1ccccc1S(=O)(=O)Cl. The van der Waals surface area contributed by atoms with Crippen molar-refractivity contribution < 1.29 is 13.2 Å². The number of ether oxygens (including phenoxy) is 1. The molecule has 0 aliphatic rings. The van der Waals surface area contributed by atoms with E-state index in [0.29, 0.717) is 5.56 Å². The fourth-order valence-corrected chi connectivity index (χ4v) is 2.15. The van der Waals surface area contributed by atoms with Gasteiger partial charge in [0.25, 0.3) is 9.05 Å². The summed E-state index contributed by atoms with van der Waals surface area (Å²) in [6.07, 6.45) is 0. The van der Waals surface area contributed by atoms with Crippen LogP contribution in [0.25, 0.3) is 0 Å².